The molecule has 0 bridgehead atoms. The number of rotatable bonds is 5. The van der Waals surface area contributed by atoms with Crippen molar-refractivity contribution in [2.24, 2.45) is 0 Å². The van der Waals surface area contributed by atoms with E-state index in [9.17, 15) is 18.0 Å². The van der Waals surface area contributed by atoms with Crippen molar-refractivity contribution >= 4 is 0 Å². The summed E-state index contributed by atoms with van der Waals surface area (Å²) in [4.78, 5) is 19.3. The third-order valence-corrected chi connectivity index (χ3v) is 4.04. The van der Waals surface area contributed by atoms with Gasteiger partial charge in [-0.3, -0.25) is 4.79 Å². The van der Waals surface area contributed by atoms with Crippen molar-refractivity contribution in [1.82, 2.24) is 15.3 Å². The fourth-order valence-corrected chi connectivity index (χ4v) is 2.55. The predicted octanol–water partition coefficient (Wildman–Crippen LogP) is 2.94. The number of hydrogen-bond acceptors (Lipinski definition) is 3. The molecule has 2 N–H and O–H groups in total. The highest BCUT2D eigenvalue weighted by Gasteiger charge is 2.30. The smallest absolute Gasteiger partial charge is 0.309 e. The fraction of sp³-hybridized carbons (Fsp3) is 0.412. The number of aromatic amines is 1. The number of aryl methyl sites for hydroxylation is 1. The molecule has 4 nitrogen and oxygen atoms in total. The molecule has 0 unspecified atom stereocenters. The van der Waals surface area contributed by atoms with Crippen LogP contribution in [0.15, 0.2) is 29.1 Å². The van der Waals surface area contributed by atoms with Crippen LogP contribution in [0, 0.1) is 6.92 Å². The molecule has 1 fully saturated rings. The maximum Gasteiger partial charge on any atom is 0.416 e. The molecule has 0 spiro atoms. The monoisotopic (exact) mass is 337 g/mol. The van der Waals surface area contributed by atoms with Gasteiger partial charge in [-0.1, -0.05) is 18.2 Å². The Balaban J connectivity index is 1.80. The molecule has 0 amide bonds. The number of H-pyrrole nitrogens is 1. The van der Waals surface area contributed by atoms with Crippen molar-refractivity contribution < 1.29 is 13.2 Å². The molecule has 0 aliphatic heterocycles. The predicted molar refractivity (Wildman–Crippen MR) is 83.7 cm³/mol. The standard InChI is InChI=1S/C17H18F3N3O/c1-10-14(8-11-3-2-4-12(7-11)17(18,19)20)16(24)23-15(22-10)9-21-13-5-6-13/h2-4,7,13,21H,5-6,8-9H2,1H3,(H,22,23,24). The second kappa shape index (κ2) is 6.39. The van der Waals surface area contributed by atoms with E-state index in [1.54, 1.807) is 13.0 Å². The first-order valence-electron chi connectivity index (χ1n) is 7.81. The Kier molecular flexibility index (Phi) is 4.45. The van der Waals surface area contributed by atoms with Gasteiger partial charge in [0.15, 0.2) is 0 Å². The van der Waals surface area contributed by atoms with Gasteiger partial charge in [0.1, 0.15) is 5.82 Å². The van der Waals surface area contributed by atoms with Crippen molar-refractivity contribution in [2.45, 2.75) is 44.9 Å². The third-order valence-electron chi connectivity index (χ3n) is 4.04. The number of benzene rings is 1. The van der Waals surface area contributed by atoms with E-state index >= 15 is 0 Å². The SMILES string of the molecule is Cc1nc(CNC2CC2)[nH]c(=O)c1Cc1cccc(C(F)(F)F)c1. The van der Waals surface area contributed by atoms with Crippen LogP contribution < -0.4 is 10.9 Å². The Morgan fingerprint density at radius 3 is 2.71 bits per heavy atom. The van der Waals surface area contributed by atoms with E-state index in [4.69, 9.17) is 0 Å². The number of hydrogen-bond donors (Lipinski definition) is 2. The first-order chi connectivity index (χ1) is 11.3. The largest absolute Gasteiger partial charge is 0.416 e. The maximum atomic E-state index is 12.8. The van der Waals surface area contributed by atoms with Crippen LogP contribution in [-0.2, 0) is 19.1 Å². The van der Waals surface area contributed by atoms with Crippen LogP contribution in [0.4, 0.5) is 13.2 Å². The molecule has 1 aliphatic carbocycles. The topological polar surface area (TPSA) is 57.8 Å². The summed E-state index contributed by atoms with van der Waals surface area (Å²) in [6.07, 6.45) is -2.00. The zero-order valence-electron chi connectivity index (χ0n) is 13.2. The lowest BCUT2D eigenvalue weighted by atomic mass is 10.0. The number of alkyl halides is 3. The van der Waals surface area contributed by atoms with Crippen LogP contribution in [0.25, 0.3) is 0 Å². The van der Waals surface area contributed by atoms with Crippen molar-refractivity contribution in [1.29, 1.82) is 0 Å². The number of aromatic nitrogens is 2. The summed E-state index contributed by atoms with van der Waals surface area (Å²) in [7, 11) is 0. The van der Waals surface area contributed by atoms with Crippen LogP contribution >= 0.6 is 0 Å². The third kappa shape index (κ3) is 4.03. The average Bonchev–Trinajstić information content (AvgIpc) is 3.33. The first kappa shape index (κ1) is 16.7. The van der Waals surface area contributed by atoms with E-state index in [-0.39, 0.29) is 12.0 Å². The fourth-order valence-electron chi connectivity index (χ4n) is 2.55. The summed E-state index contributed by atoms with van der Waals surface area (Å²) in [5, 5.41) is 3.26. The molecule has 3 rings (SSSR count). The van der Waals surface area contributed by atoms with E-state index in [1.165, 1.54) is 6.07 Å². The van der Waals surface area contributed by atoms with Crippen LogP contribution in [0.2, 0.25) is 0 Å². The van der Waals surface area contributed by atoms with Crippen molar-refractivity contribution in [3.63, 3.8) is 0 Å². The molecule has 24 heavy (non-hydrogen) atoms. The quantitative estimate of drug-likeness (QED) is 0.882. The van der Waals surface area contributed by atoms with Gasteiger partial charge in [0, 0.05) is 23.7 Å². The second-order valence-corrected chi connectivity index (χ2v) is 6.11. The van der Waals surface area contributed by atoms with Gasteiger partial charge < -0.3 is 10.3 Å². The highest BCUT2D eigenvalue weighted by molar-refractivity contribution is 5.31. The highest BCUT2D eigenvalue weighted by atomic mass is 19.4. The van der Waals surface area contributed by atoms with E-state index in [0.717, 1.165) is 25.0 Å². The Labute approximate surface area is 137 Å². The van der Waals surface area contributed by atoms with Crippen molar-refractivity contribution in [3.05, 3.63) is 62.8 Å². The number of halogens is 3. The van der Waals surface area contributed by atoms with Crippen molar-refractivity contribution in [2.75, 3.05) is 0 Å². The van der Waals surface area contributed by atoms with Crippen LogP contribution in [-0.4, -0.2) is 16.0 Å². The van der Waals surface area contributed by atoms with E-state index in [1.807, 2.05) is 0 Å². The summed E-state index contributed by atoms with van der Waals surface area (Å²) >= 11 is 0. The van der Waals surface area contributed by atoms with E-state index in [2.05, 4.69) is 15.3 Å². The Bertz CT molecular complexity index is 794. The molecular weight excluding hydrogens is 319 g/mol. The molecular formula is C17H18F3N3O. The maximum absolute atomic E-state index is 12.8. The average molecular weight is 337 g/mol. The van der Waals surface area contributed by atoms with Gasteiger partial charge in [-0.05, 0) is 31.4 Å². The highest BCUT2D eigenvalue weighted by Crippen LogP contribution is 2.29. The normalized spacial score (nSPS) is 14.8. The summed E-state index contributed by atoms with van der Waals surface area (Å²) in [5.74, 6) is 0.553. The summed E-state index contributed by atoms with van der Waals surface area (Å²) in [6, 6.07) is 5.52. The molecule has 0 saturated heterocycles. The van der Waals surface area contributed by atoms with Gasteiger partial charge in [0.25, 0.3) is 5.56 Å². The lowest BCUT2D eigenvalue weighted by Gasteiger charge is -2.10. The molecule has 128 valence electrons. The van der Waals surface area contributed by atoms with Crippen LogP contribution in [0.5, 0.6) is 0 Å². The Morgan fingerprint density at radius 2 is 2.08 bits per heavy atom. The summed E-state index contributed by atoms with van der Waals surface area (Å²) < 4.78 is 38.4. The summed E-state index contributed by atoms with van der Waals surface area (Å²) in [6.45, 7) is 2.20. The molecule has 0 radical (unpaired) electrons. The van der Waals surface area contributed by atoms with Gasteiger partial charge in [-0.2, -0.15) is 13.2 Å². The first-order valence-corrected chi connectivity index (χ1v) is 7.81. The second-order valence-electron chi connectivity index (χ2n) is 6.11. The molecule has 2 aromatic rings. The van der Waals surface area contributed by atoms with Gasteiger partial charge in [0.2, 0.25) is 0 Å². The Hall–Kier alpha value is -2.15. The summed E-state index contributed by atoms with van der Waals surface area (Å²) in [5.41, 5.74) is 0.358. The minimum Gasteiger partial charge on any atom is -0.309 e. The molecule has 7 heteroatoms. The van der Waals surface area contributed by atoms with E-state index in [0.29, 0.717) is 35.2 Å². The van der Waals surface area contributed by atoms with Crippen LogP contribution in [0.1, 0.15) is 41.1 Å². The lowest BCUT2D eigenvalue weighted by molar-refractivity contribution is -0.137. The molecule has 1 heterocycles. The van der Waals surface area contributed by atoms with Gasteiger partial charge >= 0.3 is 6.18 Å². The van der Waals surface area contributed by atoms with Gasteiger partial charge in [0.05, 0.1) is 12.1 Å². The molecule has 0 atom stereocenters. The minimum absolute atomic E-state index is 0.119. The molecule has 1 saturated carbocycles. The zero-order valence-corrected chi connectivity index (χ0v) is 13.2. The minimum atomic E-state index is -4.39. The molecule has 1 aromatic carbocycles. The van der Waals surface area contributed by atoms with Crippen molar-refractivity contribution in [3.8, 4) is 0 Å². The number of nitrogens with zero attached hydrogens (tertiary/aromatic N) is 1. The van der Waals surface area contributed by atoms with Gasteiger partial charge in [-0.25, -0.2) is 4.98 Å². The van der Waals surface area contributed by atoms with Gasteiger partial charge in [-0.15, -0.1) is 0 Å². The number of nitrogens with one attached hydrogen (secondary N) is 2. The lowest BCUT2D eigenvalue weighted by Crippen LogP contribution is -2.24. The molecule has 1 aliphatic rings. The molecule has 1 aromatic heterocycles. The zero-order chi connectivity index (χ0) is 17.3. The van der Waals surface area contributed by atoms with Crippen LogP contribution in [0.3, 0.4) is 0 Å². The Morgan fingerprint density at radius 1 is 1.33 bits per heavy atom. The van der Waals surface area contributed by atoms with E-state index < -0.39 is 11.7 Å².